The van der Waals surface area contributed by atoms with Gasteiger partial charge in [0.1, 0.15) is 17.3 Å². The number of likely N-dealkylation sites (tertiary alicyclic amines) is 1. The van der Waals surface area contributed by atoms with E-state index < -0.39 is 23.2 Å². The van der Waals surface area contributed by atoms with Crippen molar-refractivity contribution < 1.29 is 18.4 Å². The molecule has 0 spiro atoms. The van der Waals surface area contributed by atoms with Gasteiger partial charge in [-0.25, -0.2) is 8.78 Å². The number of carbonyl (C=O) groups is 2. The van der Waals surface area contributed by atoms with Crippen LogP contribution >= 0.6 is 0 Å². The zero-order chi connectivity index (χ0) is 18.7. The molecule has 1 saturated heterocycles. The molecule has 0 saturated carbocycles. The highest BCUT2D eigenvalue weighted by molar-refractivity contribution is 6.06. The molecule has 1 fully saturated rings. The van der Waals surface area contributed by atoms with E-state index in [1.54, 1.807) is 17.0 Å². The lowest BCUT2D eigenvalue weighted by atomic mass is 9.99. The number of piperidine rings is 1. The van der Waals surface area contributed by atoms with Crippen molar-refractivity contribution in [2.45, 2.75) is 19.8 Å². The third kappa shape index (κ3) is 3.90. The summed E-state index contributed by atoms with van der Waals surface area (Å²) in [6.07, 6.45) is 2.06. The summed E-state index contributed by atoms with van der Waals surface area (Å²) in [6, 6.07) is 9.54. The minimum Gasteiger partial charge on any atom is -0.338 e. The van der Waals surface area contributed by atoms with Gasteiger partial charge >= 0.3 is 0 Å². The highest BCUT2D eigenvalue weighted by Gasteiger charge is 2.23. The molecule has 2 aromatic rings. The maximum atomic E-state index is 13.7. The van der Waals surface area contributed by atoms with Crippen molar-refractivity contribution in [2.75, 3.05) is 18.4 Å². The van der Waals surface area contributed by atoms with Crippen LogP contribution in [0.25, 0.3) is 0 Å². The molecular weight excluding hydrogens is 338 g/mol. The second kappa shape index (κ2) is 7.64. The van der Waals surface area contributed by atoms with Crippen LogP contribution in [0.1, 0.15) is 40.5 Å². The van der Waals surface area contributed by atoms with E-state index in [1.165, 1.54) is 18.2 Å². The zero-order valence-electron chi connectivity index (χ0n) is 14.5. The van der Waals surface area contributed by atoms with Crippen LogP contribution in [0.5, 0.6) is 0 Å². The minimum atomic E-state index is -0.854. The number of anilines is 1. The normalized spacial score (nSPS) is 17.0. The van der Waals surface area contributed by atoms with Crippen LogP contribution in [-0.4, -0.2) is 29.8 Å². The number of hydrogen-bond acceptors (Lipinski definition) is 2. The fourth-order valence-corrected chi connectivity index (χ4v) is 3.15. The molecule has 0 radical (unpaired) electrons. The van der Waals surface area contributed by atoms with E-state index in [0.717, 1.165) is 25.0 Å². The lowest BCUT2D eigenvalue weighted by Gasteiger charge is -2.31. The number of hydrogen-bond donors (Lipinski definition) is 1. The number of nitrogens with one attached hydrogen (secondary N) is 1. The molecule has 1 aliphatic heterocycles. The van der Waals surface area contributed by atoms with Crippen molar-refractivity contribution in [3.8, 4) is 0 Å². The molecule has 3 rings (SSSR count). The fraction of sp³-hybridized carbons (Fsp3) is 0.300. The topological polar surface area (TPSA) is 49.4 Å². The van der Waals surface area contributed by atoms with Crippen LogP contribution in [0.4, 0.5) is 14.5 Å². The second-order valence-electron chi connectivity index (χ2n) is 6.63. The first kappa shape index (κ1) is 18.0. The number of rotatable bonds is 3. The molecule has 1 N–H and O–H groups in total. The number of para-hydroxylation sites is 1. The summed E-state index contributed by atoms with van der Waals surface area (Å²) in [5.41, 5.74) is 0.0587. The van der Waals surface area contributed by atoms with Crippen LogP contribution < -0.4 is 5.32 Å². The first-order chi connectivity index (χ1) is 12.5. The maximum Gasteiger partial charge on any atom is 0.255 e. The van der Waals surface area contributed by atoms with Gasteiger partial charge < -0.3 is 10.2 Å². The monoisotopic (exact) mass is 358 g/mol. The third-order valence-electron chi connectivity index (χ3n) is 4.52. The van der Waals surface area contributed by atoms with Gasteiger partial charge in [-0.2, -0.15) is 0 Å². The number of carbonyl (C=O) groups excluding carboxylic acids is 2. The molecule has 1 heterocycles. The van der Waals surface area contributed by atoms with E-state index in [0.29, 0.717) is 24.6 Å². The van der Waals surface area contributed by atoms with Crippen LogP contribution in [0.2, 0.25) is 0 Å². The average molecular weight is 358 g/mol. The van der Waals surface area contributed by atoms with E-state index in [2.05, 4.69) is 12.2 Å². The van der Waals surface area contributed by atoms with Gasteiger partial charge in [0.15, 0.2) is 0 Å². The summed E-state index contributed by atoms with van der Waals surface area (Å²) >= 11 is 0. The van der Waals surface area contributed by atoms with Gasteiger partial charge in [-0.05, 0) is 49.1 Å². The summed E-state index contributed by atoms with van der Waals surface area (Å²) in [5.74, 6) is -2.07. The first-order valence-corrected chi connectivity index (χ1v) is 8.60. The quantitative estimate of drug-likeness (QED) is 0.898. The molecular formula is C20H20F2N2O2. The van der Waals surface area contributed by atoms with Crippen LogP contribution in [0.15, 0.2) is 42.5 Å². The highest BCUT2D eigenvalue weighted by atomic mass is 19.1. The minimum absolute atomic E-state index is 0.136. The Morgan fingerprint density at radius 3 is 2.42 bits per heavy atom. The van der Waals surface area contributed by atoms with E-state index in [9.17, 15) is 18.4 Å². The highest BCUT2D eigenvalue weighted by Crippen LogP contribution is 2.21. The Morgan fingerprint density at radius 1 is 1.08 bits per heavy atom. The summed E-state index contributed by atoms with van der Waals surface area (Å²) in [6.45, 7) is 3.49. The van der Waals surface area contributed by atoms with Gasteiger partial charge in [-0.15, -0.1) is 0 Å². The molecule has 1 unspecified atom stereocenters. The molecule has 1 aliphatic rings. The summed E-state index contributed by atoms with van der Waals surface area (Å²) in [7, 11) is 0. The van der Waals surface area contributed by atoms with Crippen molar-refractivity contribution in [3.05, 3.63) is 65.2 Å². The summed E-state index contributed by atoms with van der Waals surface area (Å²) in [5, 5.41) is 2.23. The molecule has 1 atom stereocenters. The van der Waals surface area contributed by atoms with E-state index in [4.69, 9.17) is 0 Å². The van der Waals surface area contributed by atoms with Gasteiger partial charge in [0.05, 0.1) is 0 Å². The van der Waals surface area contributed by atoms with Crippen LogP contribution in [-0.2, 0) is 0 Å². The Bertz CT molecular complexity index is 818. The van der Waals surface area contributed by atoms with Crippen molar-refractivity contribution >= 4 is 17.5 Å². The molecule has 6 heteroatoms. The molecule has 0 aliphatic carbocycles. The summed E-state index contributed by atoms with van der Waals surface area (Å²) in [4.78, 5) is 26.8. The Balaban J connectivity index is 1.78. The Labute approximate surface area is 150 Å². The average Bonchev–Trinajstić information content (AvgIpc) is 2.64. The fourth-order valence-electron chi connectivity index (χ4n) is 3.15. The number of amides is 2. The van der Waals surface area contributed by atoms with Crippen molar-refractivity contribution in [3.63, 3.8) is 0 Å². The second-order valence-corrected chi connectivity index (χ2v) is 6.63. The van der Waals surface area contributed by atoms with E-state index in [-0.39, 0.29) is 11.5 Å². The van der Waals surface area contributed by atoms with Gasteiger partial charge in [-0.1, -0.05) is 19.1 Å². The molecule has 26 heavy (non-hydrogen) atoms. The molecule has 0 aromatic heterocycles. The summed E-state index contributed by atoms with van der Waals surface area (Å²) < 4.78 is 27.4. The zero-order valence-corrected chi connectivity index (χ0v) is 14.5. The van der Waals surface area contributed by atoms with E-state index >= 15 is 0 Å². The van der Waals surface area contributed by atoms with Gasteiger partial charge in [-0.3, -0.25) is 9.59 Å². The third-order valence-corrected chi connectivity index (χ3v) is 4.52. The maximum absolute atomic E-state index is 13.7. The lowest BCUT2D eigenvalue weighted by Crippen LogP contribution is -2.39. The van der Waals surface area contributed by atoms with Crippen LogP contribution in [0, 0.1) is 17.6 Å². The smallest absolute Gasteiger partial charge is 0.255 e. The SMILES string of the molecule is CC1CCCN(C(=O)c2cccc(C(=O)Nc3c(F)cccc3F)c2)C1. The standard InChI is InChI=1S/C20H20F2N2O2/c1-13-5-4-10-24(12-13)20(26)15-7-2-6-14(11-15)19(25)23-18-16(21)8-3-9-17(18)22/h2-3,6-9,11,13H,4-5,10,12H2,1H3,(H,23,25). The molecule has 4 nitrogen and oxygen atoms in total. The van der Waals surface area contributed by atoms with Gasteiger partial charge in [0, 0.05) is 24.2 Å². The van der Waals surface area contributed by atoms with Crippen molar-refractivity contribution in [1.29, 1.82) is 0 Å². The molecule has 136 valence electrons. The Hall–Kier alpha value is -2.76. The molecule has 0 bridgehead atoms. The van der Waals surface area contributed by atoms with Crippen molar-refractivity contribution in [2.24, 2.45) is 5.92 Å². The number of halogens is 2. The predicted octanol–water partition coefficient (Wildman–Crippen LogP) is 4.09. The van der Waals surface area contributed by atoms with E-state index in [1.807, 2.05) is 0 Å². The molecule has 2 amide bonds. The number of nitrogens with zero attached hydrogens (tertiary/aromatic N) is 1. The largest absolute Gasteiger partial charge is 0.338 e. The Morgan fingerprint density at radius 2 is 1.73 bits per heavy atom. The number of benzene rings is 2. The van der Waals surface area contributed by atoms with Crippen LogP contribution in [0.3, 0.4) is 0 Å². The Kier molecular flexibility index (Phi) is 5.30. The lowest BCUT2D eigenvalue weighted by molar-refractivity contribution is 0.0683. The van der Waals surface area contributed by atoms with Crippen molar-refractivity contribution in [1.82, 2.24) is 4.90 Å². The molecule has 2 aromatic carbocycles. The predicted molar refractivity (Wildman–Crippen MR) is 95.1 cm³/mol. The van der Waals surface area contributed by atoms with Gasteiger partial charge in [0.2, 0.25) is 0 Å². The first-order valence-electron chi connectivity index (χ1n) is 8.60. The van der Waals surface area contributed by atoms with Gasteiger partial charge in [0.25, 0.3) is 11.8 Å².